The van der Waals surface area contributed by atoms with Gasteiger partial charge in [0.25, 0.3) is 0 Å². The van der Waals surface area contributed by atoms with Crippen LogP contribution in [-0.4, -0.2) is 61.1 Å². The monoisotopic (exact) mass is 336 g/mol. The maximum Gasteiger partial charge on any atom is 0.339 e. The number of aliphatic hydroxyl groups excluding tert-OH is 2. The Balaban J connectivity index is 3.05. The summed E-state index contributed by atoms with van der Waals surface area (Å²) in [5.74, 6) is -0.529. The van der Waals surface area contributed by atoms with Gasteiger partial charge in [-0.25, -0.2) is 4.79 Å². The van der Waals surface area contributed by atoms with Crippen molar-refractivity contribution in [2.45, 2.75) is 12.6 Å². The number of aliphatic hydroxyl groups is 2. The summed E-state index contributed by atoms with van der Waals surface area (Å²) >= 11 is 12.2. The Morgan fingerprint density at radius 2 is 1.95 bits per heavy atom. The molecule has 118 valence electrons. The van der Waals surface area contributed by atoms with Crippen LogP contribution in [-0.2, 0) is 11.3 Å². The van der Waals surface area contributed by atoms with Crippen LogP contribution in [0.5, 0.6) is 0 Å². The number of halogens is 2. The molecule has 0 heterocycles. The molecule has 0 bridgehead atoms. The standard InChI is InChI=1S/C14H20Cl2NO4/c1-17(2,7-10(19)8-18)6-9-4-11(14(20)21-3)13(16)5-12(9)15/h4-5,10,18-19H,6-8H2,1-3H3/q+1/t10-/m1/s1. The fourth-order valence-electron chi connectivity index (χ4n) is 2.14. The van der Waals surface area contributed by atoms with Crippen molar-refractivity contribution in [3.8, 4) is 0 Å². The molecule has 0 aliphatic carbocycles. The van der Waals surface area contributed by atoms with E-state index in [2.05, 4.69) is 4.74 Å². The van der Waals surface area contributed by atoms with Crippen LogP contribution in [0.3, 0.4) is 0 Å². The number of carbonyl (C=O) groups excluding carboxylic acids is 1. The van der Waals surface area contributed by atoms with E-state index in [-0.39, 0.29) is 17.2 Å². The number of likely N-dealkylation sites (N-methyl/N-ethyl adjacent to an activating group) is 1. The molecule has 0 saturated heterocycles. The molecule has 7 heteroatoms. The first kappa shape index (κ1) is 18.2. The van der Waals surface area contributed by atoms with E-state index in [1.165, 1.54) is 13.2 Å². The number of benzene rings is 1. The van der Waals surface area contributed by atoms with Gasteiger partial charge in [0.2, 0.25) is 0 Å². The van der Waals surface area contributed by atoms with E-state index in [4.69, 9.17) is 28.3 Å². The lowest BCUT2D eigenvalue weighted by molar-refractivity contribution is -0.906. The molecule has 0 aliphatic rings. The summed E-state index contributed by atoms with van der Waals surface area (Å²) in [4.78, 5) is 11.7. The predicted octanol–water partition coefficient (Wildman–Crippen LogP) is 1.71. The van der Waals surface area contributed by atoms with E-state index in [0.717, 1.165) is 5.56 Å². The van der Waals surface area contributed by atoms with Crippen LogP contribution in [0, 0.1) is 0 Å². The second-order valence-electron chi connectivity index (χ2n) is 5.53. The predicted molar refractivity (Wildman–Crippen MR) is 81.6 cm³/mol. The molecular formula is C14H20Cl2NO4+. The van der Waals surface area contributed by atoms with E-state index in [1.807, 2.05) is 14.1 Å². The van der Waals surface area contributed by atoms with Gasteiger partial charge in [0, 0.05) is 5.56 Å². The van der Waals surface area contributed by atoms with E-state index >= 15 is 0 Å². The fraction of sp³-hybridized carbons (Fsp3) is 0.500. The summed E-state index contributed by atoms with van der Waals surface area (Å²) in [6.45, 7) is 0.517. The van der Waals surface area contributed by atoms with Gasteiger partial charge in [0.05, 0.1) is 43.4 Å². The van der Waals surface area contributed by atoms with E-state index in [0.29, 0.717) is 22.6 Å². The van der Waals surface area contributed by atoms with Gasteiger partial charge in [-0.2, -0.15) is 0 Å². The highest BCUT2D eigenvalue weighted by atomic mass is 35.5. The Labute approximate surface area is 134 Å². The van der Waals surface area contributed by atoms with Crippen LogP contribution < -0.4 is 0 Å². The quantitative estimate of drug-likeness (QED) is 0.613. The summed E-state index contributed by atoms with van der Waals surface area (Å²) in [6.07, 6.45) is -0.814. The molecule has 2 N–H and O–H groups in total. The number of ether oxygens (including phenoxy) is 1. The molecule has 0 saturated carbocycles. The smallest absolute Gasteiger partial charge is 0.339 e. The first-order chi connectivity index (χ1) is 9.70. The first-order valence-corrected chi connectivity index (χ1v) is 7.13. The number of hydrogen-bond donors (Lipinski definition) is 2. The van der Waals surface area contributed by atoms with Gasteiger partial charge in [-0.3, -0.25) is 0 Å². The van der Waals surface area contributed by atoms with Crippen LogP contribution in [0.25, 0.3) is 0 Å². The van der Waals surface area contributed by atoms with Crippen molar-refractivity contribution in [2.75, 3.05) is 34.4 Å². The van der Waals surface area contributed by atoms with Crippen molar-refractivity contribution in [3.63, 3.8) is 0 Å². The summed E-state index contributed by atoms with van der Waals surface area (Å²) < 4.78 is 5.07. The molecule has 1 atom stereocenters. The molecule has 0 unspecified atom stereocenters. The molecule has 1 aromatic rings. The molecule has 5 nitrogen and oxygen atoms in total. The maximum absolute atomic E-state index is 11.7. The minimum Gasteiger partial charge on any atom is -0.465 e. The van der Waals surface area contributed by atoms with Gasteiger partial charge in [0.15, 0.2) is 0 Å². The zero-order chi connectivity index (χ0) is 16.2. The van der Waals surface area contributed by atoms with Crippen LogP contribution in [0.15, 0.2) is 12.1 Å². The Hall–Kier alpha value is -0.850. The van der Waals surface area contributed by atoms with E-state index < -0.39 is 12.1 Å². The molecule has 0 fully saturated rings. The lowest BCUT2D eigenvalue weighted by atomic mass is 10.1. The maximum atomic E-state index is 11.7. The van der Waals surface area contributed by atoms with Gasteiger partial charge in [-0.05, 0) is 12.1 Å². The number of methoxy groups -OCH3 is 1. The lowest BCUT2D eigenvalue weighted by Crippen LogP contribution is -2.45. The Bertz CT molecular complexity index is 520. The number of hydrogen-bond acceptors (Lipinski definition) is 4. The highest BCUT2D eigenvalue weighted by Crippen LogP contribution is 2.28. The molecule has 0 aromatic heterocycles. The SMILES string of the molecule is COC(=O)c1cc(C[N+](C)(C)C[C@@H](O)CO)c(Cl)cc1Cl. The Morgan fingerprint density at radius 3 is 2.48 bits per heavy atom. The Kier molecular flexibility index (Phi) is 6.43. The molecule has 0 amide bonds. The molecule has 1 rings (SSSR count). The summed E-state index contributed by atoms with van der Waals surface area (Å²) in [6, 6.07) is 3.11. The largest absolute Gasteiger partial charge is 0.465 e. The van der Waals surface area contributed by atoms with Crippen molar-refractivity contribution < 1.29 is 24.2 Å². The van der Waals surface area contributed by atoms with Crippen molar-refractivity contribution >= 4 is 29.2 Å². The van der Waals surface area contributed by atoms with Crippen molar-refractivity contribution in [2.24, 2.45) is 0 Å². The summed E-state index contributed by atoms with van der Waals surface area (Å²) in [7, 11) is 5.06. The van der Waals surface area contributed by atoms with Crippen molar-refractivity contribution in [3.05, 3.63) is 33.3 Å². The van der Waals surface area contributed by atoms with Gasteiger partial charge in [-0.15, -0.1) is 0 Å². The lowest BCUT2D eigenvalue weighted by Gasteiger charge is -2.32. The number of quaternary nitrogens is 1. The third-order valence-corrected chi connectivity index (χ3v) is 3.72. The highest BCUT2D eigenvalue weighted by Gasteiger charge is 2.23. The molecule has 21 heavy (non-hydrogen) atoms. The first-order valence-electron chi connectivity index (χ1n) is 6.37. The third-order valence-electron chi connectivity index (χ3n) is 3.06. The highest BCUT2D eigenvalue weighted by molar-refractivity contribution is 6.37. The van der Waals surface area contributed by atoms with Gasteiger partial charge in [-0.1, -0.05) is 23.2 Å². The third kappa shape index (κ3) is 5.13. The Morgan fingerprint density at radius 1 is 1.33 bits per heavy atom. The average Bonchev–Trinajstić information content (AvgIpc) is 2.40. The van der Waals surface area contributed by atoms with Crippen LogP contribution in [0.1, 0.15) is 15.9 Å². The van der Waals surface area contributed by atoms with Gasteiger partial charge in [0.1, 0.15) is 19.2 Å². The number of nitrogens with zero attached hydrogens (tertiary/aromatic N) is 1. The normalized spacial score (nSPS) is 13.1. The second kappa shape index (κ2) is 7.42. The second-order valence-corrected chi connectivity index (χ2v) is 6.34. The van der Waals surface area contributed by atoms with Crippen LogP contribution in [0.4, 0.5) is 0 Å². The molecule has 0 radical (unpaired) electrons. The number of rotatable bonds is 6. The summed E-state index contributed by atoms with van der Waals surface area (Å²) in [5.41, 5.74) is 0.970. The van der Waals surface area contributed by atoms with E-state index in [9.17, 15) is 9.90 Å². The van der Waals surface area contributed by atoms with Crippen LogP contribution >= 0.6 is 23.2 Å². The zero-order valence-corrected chi connectivity index (χ0v) is 13.8. The summed E-state index contributed by atoms with van der Waals surface area (Å²) in [5, 5.41) is 19.2. The van der Waals surface area contributed by atoms with Crippen LogP contribution in [0.2, 0.25) is 10.0 Å². The van der Waals surface area contributed by atoms with Crippen molar-refractivity contribution in [1.29, 1.82) is 0 Å². The van der Waals surface area contributed by atoms with Gasteiger partial charge < -0.3 is 19.4 Å². The molecule has 0 aliphatic heterocycles. The van der Waals surface area contributed by atoms with Crippen molar-refractivity contribution in [1.82, 2.24) is 0 Å². The minimum atomic E-state index is -0.814. The molecular weight excluding hydrogens is 317 g/mol. The average molecular weight is 337 g/mol. The zero-order valence-electron chi connectivity index (χ0n) is 12.3. The van der Waals surface area contributed by atoms with Gasteiger partial charge >= 0.3 is 5.97 Å². The topological polar surface area (TPSA) is 66.8 Å². The number of carbonyl (C=O) groups is 1. The molecule has 1 aromatic carbocycles. The fourth-order valence-corrected chi connectivity index (χ4v) is 2.66. The van der Waals surface area contributed by atoms with E-state index in [1.54, 1.807) is 6.07 Å². The molecule has 0 spiro atoms. The number of esters is 1. The minimum absolute atomic E-state index is 0.233.